The second-order valence-corrected chi connectivity index (χ2v) is 5.51. The van der Waals surface area contributed by atoms with Crippen molar-refractivity contribution in [1.82, 2.24) is 9.97 Å². The number of benzene rings is 1. The lowest BCUT2D eigenvalue weighted by molar-refractivity contribution is 0.190. The Kier molecular flexibility index (Phi) is 5.83. The lowest BCUT2D eigenvalue weighted by atomic mass is 10.2. The summed E-state index contributed by atoms with van der Waals surface area (Å²) >= 11 is 1.68. The smallest absolute Gasteiger partial charge is 0.146 e. The third-order valence-electron chi connectivity index (χ3n) is 2.65. The van der Waals surface area contributed by atoms with E-state index in [9.17, 15) is 0 Å². The van der Waals surface area contributed by atoms with Gasteiger partial charge in [-0.1, -0.05) is 30.3 Å². The zero-order valence-corrected chi connectivity index (χ0v) is 12.6. The van der Waals surface area contributed by atoms with Crippen LogP contribution in [0.5, 0.6) is 0 Å². The average molecular weight is 289 g/mol. The fourth-order valence-electron chi connectivity index (χ4n) is 1.76. The van der Waals surface area contributed by atoms with Crippen LogP contribution in [0.1, 0.15) is 12.5 Å². The highest BCUT2D eigenvalue weighted by molar-refractivity contribution is 7.98. The molecule has 1 atom stereocenters. The Morgan fingerprint density at radius 3 is 2.80 bits per heavy atom. The molecule has 0 radical (unpaired) electrons. The van der Waals surface area contributed by atoms with E-state index in [0.29, 0.717) is 6.61 Å². The number of aromatic nitrogens is 2. The van der Waals surface area contributed by atoms with Crippen molar-refractivity contribution in [2.45, 2.75) is 23.7 Å². The van der Waals surface area contributed by atoms with Gasteiger partial charge < -0.3 is 10.1 Å². The van der Waals surface area contributed by atoms with Crippen LogP contribution in [0.2, 0.25) is 0 Å². The Morgan fingerprint density at radius 1 is 1.25 bits per heavy atom. The van der Waals surface area contributed by atoms with Gasteiger partial charge in [0, 0.05) is 18.9 Å². The SMILES string of the molecule is COCC(C)Nc1cncc(SCc2ccccc2)n1. The van der Waals surface area contributed by atoms with Crippen molar-refractivity contribution in [1.29, 1.82) is 0 Å². The van der Waals surface area contributed by atoms with Gasteiger partial charge in [0.1, 0.15) is 10.8 Å². The molecule has 1 aromatic carbocycles. The third kappa shape index (κ3) is 4.83. The molecule has 0 saturated heterocycles. The van der Waals surface area contributed by atoms with Crippen molar-refractivity contribution in [3.8, 4) is 0 Å². The van der Waals surface area contributed by atoms with Crippen LogP contribution in [0.3, 0.4) is 0 Å². The molecule has 0 fully saturated rings. The molecule has 2 aromatic rings. The van der Waals surface area contributed by atoms with Gasteiger partial charge in [0.2, 0.25) is 0 Å². The number of methoxy groups -OCH3 is 1. The van der Waals surface area contributed by atoms with E-state index >= 15 is 0 Å². The van der Waals surface area contributed by atoms with Gasteiger partial charge in [-0.15, -0.1) is 11.8 Å². The van der Waals surface area contributed by atoms with Crippen LogP contribution in [0.25, 0.3) is 0 Å². The zero-order valence-electron chi connectivity index (χ0n) is 11.7. The van der Waals surface area contributed by atoms with E-state index in [4.69, 9.17) is 4.74 Å². The molecule has 1 unspecified atom stereocenters. The molecular weight excluding hydrogens is 270 g/mol. The number of thioether (sulfide) groups is 1. The summed E-state index contributed by atoms with van der Waals surface area (Å²) < 4.78 is 5.10. The summed E-state index contributed by atoms with van der Waals surface area (Å²) in [5.41, 5.74) is 1.28. The van der Waals surface area contributed by atoms with E-state index in [1.807, 2.05) is 18.2 Å². The molecule has 2 rings (SSSR count). The summed E-state index contributed by atoms with van der Waals surface area (Å²) in [6.07, 6.45) is 3.53. The molecule has 1 aromatic heterocycles. The number of hydrogen-bond acceptors (Lipinski definition) is 5. The van der Waals surface area contributed by atoms with Crippen LogP contribution in [-0.4, -0.2) is 29.7 Å². The molecule has 0 aliphatic carbocycles. The second kappa shape index (κ2) is 7.87. The Bertz CT molecular complexity index is 522. The maximum atomic E-state index is 5.10. The number of hydrogen-bond donors (Lipinski definition) is 1. The summed E-state index contributed by atoms with van der Waals surface area (Å²) in [6.45, 7) is 2.69. The molecule has 106 valence electrons. The van der Waals surface area contributed by atoms with Crippen molar-refractivity contribution in [2.75, 3.05) is 19.0 Å². The van der Waals surface area contributed by atoms with Gasteiger partial charge in [0.15, 0.2) is 0 Å². The highest BCUT2D eigenvalue weighted by Crippen LogP contribution is 2.21. The predicted molar refractivity (Wildman–Crippen MR) is 83.0 cm³/mol. The largest absolute Gasteiger partial charge is 0.383 e. The summed E-state index contributed by atoms with van der Waals surface area (Å²) in [5, 5.41) is 4.19. The van der Waals surface area contributed by atoms with Gasteiger partial charge in [0.05, 0.1) is 19.0 Å². The van der Waals surface area contributed by atoms with Crippen molar-refractivity contribution in [2.24, 2.45) is 0 Å². The van der Waals surface area contributed by atoms with Crippen LogP contribution in [0.4, 0.5) is 5.82 Å². The first-order valence-electron chi connectivity index (χ1n) is 6.52. The fraction of sp³-hybridized carbons (Fsp3) is 0.333. The average Bonchev–Trinajstić information content (AvgIpc) is 2.47. The summed E-state index contributed by atoms with van der Waals surface area (Å²) in [7, 11) is 1.69. The number of anilines is 1. The van der Waals surface area contributed by atoms with Crippen LogP contribution in [0, 0.1) is 0 Å². The maximum Gasteiger partial charge on any atom is 0.146 e. The van der Waals surface area contributed by atoms with E-state index in [2.05, 4.69) is 34.3 Å². The van der Waals surface area contributed by atoms with E-state index in [0.717, 1.165) is 16.6 Å². The summed E-state index contributed by atoms with van der Waals surface area (Å²) in [4.78, 5) is 8.77. The minimum atomic E-state index is 0.212. The Labute approximate surface area is 124 Å². The van der Waals surface area contributed by atoms with Gasteiger partial charge in [-0.2, -0.15) is 0 Å². The molecule has 0 aliphatic heterocycles. The molecule has 1 N–H and O–H groups in total. The topological polar surface area (TPSA) is 47.0 Å². The van der Waals surface area contributed by atoms with Crippen LogP contribution in [-0.2, 0) is 10.5 Å². The molecule has 5 heteroatoms. The Hall–Kier alpha value is -1.59. The lowest BCUT2D eigenvalue weighted by Gasteiger charge is -2.13. The van der Waals surface area contributed by atoms with Gasteiger partial charge in [-0.3, -0.25) is 4.98 Å². The first-order valence-corrected chi connectivity index (χ1v) is 7.50. The summed E-state index contributed by atoms with van der Waals surface area (Å²) in [6, 6.07) is 10.6. The first-order chi connectivity index (χ1) is 9.78. The van der Waals surface area contributed by atoms with E-state index in [1.165, 1.54) is 5.56 Å². The monoisotopic (exact) mass is 289 g/mol. The van der Waals surface area contributed by atoms with E-state index in [-0.39, 0.29) is 6.04 Å². The number of ether oxygens (including phenoxy) is 1. The third-order valence-corrected chi connectivity index (χ3v) is 3.62. The molecule has 1 heterocycles. The van der Waals surface area contributed by atoms with Crippen LogP contribution >= 0.6 is 11.8 Å². The molecule has 0 bridgehead atoms. The summed E-state index contributed by atoms with van der Waals surface area (Å²) in [5.74, 6) is 1.68. The van der Waals surface area contributed by atoms with Gasteiger partial charge in [0.25, 0.3) is 0 Å². The number of nitrogens with one attached hydrogen (secondary N) is 1. The molecule has 20 heavy (non-hydrogen) atoms. The number of rotatable bonds is 7. The van der Waals surface area contributed by atoms with E-state index < -0.39 is 0 Å². The molecule has 0 aliphatic rings. The van der Waals surface area contributed by atoms with Crippen molar-refractivity contribution < 1.29 is 4.74 Å². The van der Waals surface area contributed by atoms with Crippen LogP contribution in [0.15, 0.2) is 47.8 Å². The maximum absolute atomic E-state index is 5.10. The van der Waals surface area contributed by atoms with E-state index in [1.54, 1.807) is 31.3 Å². The molecule has 0 saturated carbocycles. The van der Waals surface area contributed by atoms with Gasteiger partial charge >= 0.3 is 0 Å². The minimum absolute atomic E-state index is 0.212. The van der Waals surface area contributed by atoms with Gasteiger partial charge in [-0.25, -0.2) is 4.98 Å². The Balaban J connectivity index is 1.92. The zero-order chi connectivity index (χ0) is 14.2. The van der Waals surface area contributed by atoms with Crippen molar-refractivity contribution >= 4 is 17.6 Å². The van der Waals surface area contributed by atoms with Crippen molar-refractivity contribution in [3.63, 3.8) is 0 Å². The second-order valence-electron chi connectivity index (χ2n) is 4.52. The highest BCUT2D eigenvalue weighted by Gasteiger charge is 2.04. The standard InChI is InChI=1S/C15H19N3OS/c1-12(10-19-2)17-14-8-16-9-15(18-14)20-11-13-6-4-3-5-7-13/h3-9,12H,10-11H2,1-2H3,(H,17,18). The lowest BCUT2D eigenvalue weighted by Crippen LogP contribution is -2.21. The number of nitrogens with zero attached hydrogens (tertiary/aromatic N) is 2. The molecule has 0 amide bonds. The molecular formula is C15H19N3OS. The first kappa shape index (κ1) is 14.8. The van der Waals surface area contributed by atoms with Crippen LogP contribution < -0.4 is 5.32 Å². The quantitative estimate of drug-likeness (QED) is 0.793. The van der Waals surface area contributed by atoms with Gasteiger partial charge in [-0.05, 0) is 12.5 Å². The van der Waals surface area contributed by atoms with Crippen molar-refractivity contribution in [3.05, 3.63) is 48.3 Å². The Morgan fingerprint density at radius 2 is 2.05 bits per heavy atom. The normalized spacial score (nSPS) is 12.1. The molecule has 0 spiro atoms. The predicted octanol–water partition coefficient (Wildman–Crippen LogP) is 3.22. The highest BCUT2D eigenvalue weighted by atomic mass is 32.2. The molecule has 4 nitrogen and oxygen atoms in total. The minimum Gasteiger partial charge on any atom is -0.383 e. The fourth-order valence-corrected chi connectivity index (χ4v) is 2.57.